The molecule has 0 radical (unpaired) electrons. The SMILES string of the molecule is COC(=O)[C@@H]1C=C(OC(=O)/C=C/c2ccccc2)C(=O)[C@H]2[C@@]1(N)CC[C@H]1C(=O)O[C@H](c3ccoc3)C[C@]21N. The molecule has 6 atom stereocenters. The van der Waals surface area contributed by atoms with Gasteiger partial charge in [0.2, 0.25) is 5.78 Å². The molecule has 4 N–H and O–H groups in total. The summed E-state index contributed by atoms with van der Waals surface area (Å²) in [6.45, 7) is 0. The van der Waals surface area contributed by atoms with Crippen LogP contribution in [0.1, 0.15) is 36.5 Å². The molecule has 0 bridgehead atoms. The smallest absolute Gasteiger partial charge is 0.336 e. The average Bonchev–Trinajstić information content (AvgIpc) is 3.44. The number of furan rings is 1. The minimum Gasteiger partial charge on any atom is -0.472 e. The molecule has 0 unspecified atom stereocenters. The number of fused-ring (bicyclic) bond motifs is 3. The van der Waals surface area contributed by atoms with E-state index in [1.807, 2.05) is 18.2 Å². The van der Waals surface area contributed by atoms with Crippen LogP contribution in [0.2, 0.25) is 0 Å². The molecule has 1 saturated heterocycles. The summed E-state index contributed by atoms with van der Waals surface area (Å²) < 4.78 is 21.2. The zero-order valence-corrected chi connectivity index (χ0v) is 20.7. The van der Waals surface area contributed by atoms with E-state index in [1.165, 1.54) is 37.9 Å². The maximum atomic E-state index is 13.9. The molecule has 1 aromatic heterocycles. The van der Waals surface area contributed by atoms with Crippen molar-refractivity contribution in [3.05, 3.63) is 78.0 Å². The molecule has 10 nitrogen and oxygen atoms in total. The number of benzene rings is 1. The van der Waals surface area contributed by atoms with Crippen molar-refractivity contribution in [3.63, 3.8) is 0 Å². The molecule has 0 spiro atoms. The first-order valence-electron chi connectivity index (χ1n) is 12.3. The van der Waals surface area contributed by atoms with Gasteiger partial charge in [0.1, 0.15) is 6.10 Å². The van der Waals surface area contributed by atoms with Crippen molar-refractivity contribution < 1.29 is 37.8 Å². The highest BCUT2D eigenvalue weighted by Gasteiger charge is 2.67. The fourth-order valence-corrected chi connectivity index (χ4v) is 6.06. The fraction of sp³-hybridized carbons (Fsp3) is 0.357. The highest BCUT2D eigenvalue weighted by molar-refractivity contribution is 6.04. The summed E-state index contributed by atoms with van der Waals surface area (Å²) in [5.74, 6) is -6.31. The van der Waals surface area contributed by atoms with Gasteiger partial charge in [0, 0.05) is 29.1 Å². The lowest BCUT2D eigenvalue weighted by atomic mass is 9.50. The van der Waals surface area contributed by atoms with E-state index in [0.29, 0.717) is 5.56 Å². The van der Waals surface area contributed by atoms with Gasteiger partial charge in [-0.3, -0.25) is 14.4 Å². The minimum atomic E-state index is -1.49. The predicted octanol–water partition coefficient (Wildman–Crippen LogP) is 2.20. The van der Waals surface area contributed by atoms with Crippen molar-refractivity contribution >= 4 is 29.8 Å². The van der Waals surface area contributed by atoms with E-state index < -0.39 is 58.6 Å². The number of methoxy groups -OCH3 is 1. The van der Waals surface area contributed by atoms with Crippen molar-refractivity contribution in [2.45, 2.75) is 36.4 Å². The highest BCUT2D eigenvalue weighted by atomic mass is 16.6. The van der Waals surface area contributed by atoms with E-state index in [4.69, 9.17) is 30.1 Å². The second kappa shape index (κ2) is 9.70. The second-order valence-corrected chi connectivity index (χ2v) is 10.00. The van der Waals surface area contributed by atoms with Gasteiger partial charge in [-0.05, 0) is 36.6 Å². The van der Waals surface area contributed by atoms with Gasteiger partial charge < -0.3 is 30.1 Å². The highest BCUT2D eigenvalue weighted by Crippen LogP contribution is 2.55. The lowest BCUT2D eigenvalue weighted by molar-refractivity contribution is -0.180. The standard InChI is InChI=1S/C28H28N2O8/c1-35-25(33)19-13-20(37-22(31)8-7-16-5-3-2-4-6-16)23(32)24-27(19,29)11-9-18-26(34)38-21(14-28(18,24)30)17-10-12-36-15-17/h2-8,10,12-13,15,18-19,21,24H,9,11,14,29-30H2,1H3/b8-7+/t18-,19-,21-,24-,27+,28+/m0/s1. The Morgan fingerprint density at radius 3 is 2.55 bits per heavy atom. The van der Waals surface area contributed by atoms with Crippen LogP contribution >= 0.6 is 0 Å². The summed E-state index contributed by atoms with van der Waals surface area (Å²) >= 11 is 0. The van der Waals surface area contributed by atoms with Crippen LogP contribution in [0, 0.1) is 17.8 Å². The molecule has 1 saturated carbocycles. The maximum Gasteiger partial charge on any atom is 0.336 e. The number of esters is 3. The number of nitrogens with two attached hydrogens (primary N) is 2. The minimum absolute atomic E-state index is 0.0569. The van der Waals surface area contributed by atoms with Crippen molar-refractivity contribution in [1.29, 1.82) is 0 Å². The summed E-state index contributed by atoms with van der Waals surface area (Å²) in [4.78, 5) is 52.6. The number of Topliss-reactive ketones (excluding diaryl/α,β-unsaturated/α-hetero) is 1. The van der Waals surface area contributed by atoms with E-state index in [1.54, 1.807) is 18.2 Å². The number of rotatable bonds is 5. The lowest BCUT2D eigenvalue weighted by Gasteiger charge is -2.58. The van der Waals surface area contributed by atoms with Gasteiger partial charge in [-0.1, -0.05) is 30.3 Å². The van der Waals surface area contributed by atoms with E-state index in [-0.39, 0.29) is 25.0 Å². The van der Waals surface area contributed by atoms with Crippen LogP contribution < -0.4 is 11.5 Å². The summed E-state index contributed by atoms with van der Waals surface area (Å²) in [5.41, 5.74) is 12.2. The summed E-state index contributed by atoms with van der Waals surface area (Å²) in [6, 6.07) is 10.7. The molecule has 198 valence electrons. The van der Waals surface area contributed by atoms with Gasteiger partial charge in [-0.25, -0.2) is 4.79 Å². The van der Waals surface area contributed by atoms with Crippen LogP contribution in [0.5, 0.6) is 0 Å². The Morgan fingerprint density at radius 2 is 1.87 bits per heavy atom. The molecular formula is C28H28N2O8. The first kappa shape index (κ1) is 25.6. The van der Waals surface area contributed by atoms with Crippen LogP contribution in [-0.4, -0.2) is 41.9 Å². The van der Waals surface area contributed by atoms with Gasteiger partial charge in [0.25, 0.3) is 0 Å². The number of ether oxygens (including phenoxy) is 3. The van der Waals surface area contributed by atoms with Crippen LogP contribution in [-0.2, 0) is 33.4 Å². The van der Waals surface area contributed by atoms with Gasteiger partial charge in [0.05, 0.1) is 37.4 Å². The lowest BCUT2D eigenvalue weighted by Crippen LogP contribution is -2.76. The third-order valence-electron chi connectivity index (χ3n) is 7.87. The normalized spacial score (nSPS) is 32.6. The molecule has 1 aliphatic heterocycles. The van der Waals surface area contributed by atoms with E-state index in [2.05, 4.69) is 0 Å². The van der Waals surface area contributed by atoms with E-state index in [9.17, 15) is 19.2 Å². The second-order valence-electron chi connectivity index (χ2n) is 10.00. The zero-order valence-electron chi connectivity index (χ0n) is 20.7. The molecule has 3 aliphatic rings. The molecule has 5 rings (SSSR count). The van der Waals surface area contributed by atoms with Crippen LogP contribution in [0.25, 0.3) is 6.08 Å². The molecule has 10 heteroatoms. The monoisotopic (exact) mass is 520 g/mol. The molecule has 1 aromatic carbocycles. The van der Waals surface area contributed by atoms with Gasteiger partial charge in [-0.15, -0.1) is 0 Å². The van der Waals surface area contributed by atoms with E-state index >= 15 is 0 Å². The maximum absolute atomic E-state index is 13.9. The van der Waals surface area contributed by atoms with Crippen molar-refractivity contribution in [3.8, 4) is 0 Å². The number of cyclic esters (lactones) is 1. The summed E-state index contributed by atoms with van der Waals surface area (Å²) in [7, 11) is 1.20. The number of carbonyl (C=O) groups excluding carboxylic acids is 4. The predicted molar refractivity (Wildman–Crippen MR) is 132 cm³/mol. The first-order chi connectivity index (χ1) is 18.2. The van der Waals surface area contributed by atoms with Gasteiger partial charge >= 0.3 is 17.9 Å². The molecule has 2 aromatic rings. The Hall–Kier alpha value is -4.02. The Labute approximate surface area is 218 Å². The van der Waals surface area contributed by atoms with Crippen LogP contribution in [0.3, 0.4) is 0 Å². The number of allylic oxidation sites excluding steroid dienone is 1. The molecule has 0 amide bonds. The molecule has 2 heterocycles. The summed E-state index contributed by atoms with van der Waals surface area (Å²) in [6.07, 6.45) is 6.44. The van der Waals surface area contributed by atoms with E-state index in [0.717, 1.165) is 5.56 Å². The topological polar surface area (TPSA) is 161 Å². The first-order valence-corrected chi connectivity index (χ1v) is 12.3. The van der Waals surface area contributed by atoms with Crippen molar-refractivity contribution in [2.75, 3.05) is 7.11 Å². The van der Waals surface area contributed by atoms with Gasteiger partial charge in [0.15, 0.2) is 5.76 Å². The molecule has 2 aliphatic carbocycles. The largest absolute Gasteiger partial charge is 0.472 e. The zero-order chi connectivity index (χ0) is 27.1. The number of ketones is 1. The Bertz CT molecular complexity index is 1320. The quantitative estimate of drug-likeness (QED) is 0.340. The van der Waals surface area contributed by atoms with Crippen molar-refractivity contribution in [2.24, 2.45) is 29.2 Å². The Balaban J connectivity index is 1.51. The third-order valence-corrected chi connectivity index (χ3v) is 7.87. The molecule has 2 fully saturated rings. The Kier molecular flexibility index (Phi) is 6.54. The van der Waals surface area contributed by atoms with Crippen LogP contribution in [0.15, 0.2) is 71.3 Å². The average molecular weight is 521 g/mol. The third kappa shape index (κ3) is 4.25. The van der Waals surface area contributed by atoms with Gasteiger partial charge in [-0.2, -0.15) is 0 Å². The van der Waals surface area contributed by atoms with Crippen LogP contribution in [0.4, 0.5) is 0 Å². The Morgan fingerprint density at radius 1 is 1.11 bits per heavy atom. The molecular weight excluding hydrogens is 492 g/mol. The molecule has 38 heavy (non-hydrogen) atoms. The number of carbonyl (C=O) groups is 4. The van der Waals surface area contributed by atoms with Crippen molar-refractivity contribution in [1.82, 2.24) is 0 Å². The summed E-state index contributed by atoms with van der Waals surface area (Å²) in [5, 5.41) is 0. The number of hydrogen-bond donors (Lipinski definition) is 2. The fourth-order valence-electron chi connectivity index (χ4n) is 6.06. The number of hydrogen-bond acceptors (Lipinski definition) is 10.